The van der Waals surface area contributed by atoms with Crippen molar-refractivity contribution in [2.75, 3.05) is 13.2 Å². The van der Waals surface area contributed by atoms with Gasteiger partial charge in [-0.25, -0.2) is 0 Å². The van der Waals surface area contributed by atoms with Gasteiger partial charge in [0.1, 0.15) is 5.78 Å². The molecule has 1 fully saturated rings. The van der Waals surface area contributed by atoms with Crippen molar-refractivity contribution >= 4 is 11.5 Å². The number of carbonyl (C=O) groups excluding carboxylic acids is 1. The van der Waals surface area contributed by atoms with E-state index in [2.05, 4.69) is 0 Å². The summed E-state index contributed by atoms with van der Waals surface area (Å²) in [4.78, 5) is 21.6. The minimum absolute atomic E-state index is 0.0351. The van der Waals surface area contributed by atoms with Gasteiger partial charge >= 0.3 is 0 Å². The van der Waals surface area contributed by atoms with E-state index in [1.165, 1.54) is 24.3 Å². The fourth-order valence-corrected chi connectivity index (χ4v) is 1.95. The van der Waals surface area contributed by atoms with Gasteiger partial charge in [-0.05, 0) is 17.7 Å². The van der Waals surface area contributed by atoms with Gasteiger partial charge in [0.25, 0.3) is 5.69 Å². The van der Waals surface area contributed by atoms with Gasteiger partial charge in [-0.2, -0.15) is 0 Å². The number of ketones is 1. The van der Waals surface area contributed by atoms with Crippen LogP contribution < -0.4 is 0 Å². The van der Waals surface area contributed by atoms with Crippen LogP contribution in [0.3, 0.4) is 0 Å². The Morgan fingerprint density at radius 3 is 2.61 bits per heavy atom. The van der Waals surface area contributed by atoms with Gasteiger partial charge in [0.2, 0.25) is 0 Å². The predicted molar refractivity (Wildman–Crippen MR) is 62.0 cm³/mol. The summed E-state index contributed by atoms with van der Waals surface area (Å²) >= 11 is 0. The van der Waals surface area contributed by atoms with Crippen LogP contribution in [0, 0.1) is 16.0 Å². The molecule has 1 saturated heterocycles. The Morgan fingerprint density at radius 1 is 1.39 bits per heavy atom. The number of benzene rings is 1. The number of Topliss-reactive ketones (excluding diaryl/α,β-unsaturated/α-hetero) is 1. The molecular weight excluding hydrogens is 238 g/mol. The number of nitrogens with zero attached hydrogens (tertiary/aromatic N) is 1. The molecule has 18 heavy (non-hydrogen) atoms. The van der Waals surface area contributed by atoms with Crippen molar-refractivity contribution in [3.05, 3.63) is 39.9 Å². The van der Waals surface area contributed by atoms with E-state index in [9.17, 15) is 20.0 Å². The molecule has 6 heteroatoms. The number of carbonyl (C=O) groups is 1. The maximum Gasteiger partial charge on any atom is 0.269 e. The molecule has 6 nitrogen and oxygen atoms in total. The van der Waals surface area contributed by atoms with Crippen LogP contribution in [0.4, 0.5) is 5.69 Å². The number of hydrogen-bond donors (Lipinski definition) is 1. The summed E-state index contributed by atoms with van der Waals surface area (Å²) in [5.74, 6) is -0.618. The lowest BCUT2D eigenvalue weighted by atomic mass is 9.90. The molecule has 1 aromatic carbocycles. The normalized spacial score (nSPS) is 21.6. The van der Waals surface area contributed by atoms with Crippen molar-refractivity contribution in [2.45, 2.75) is 12.5 Å². The van der Waals surface area contributed by atoms with Crippen molar-refractivity contribution in [2.24, 2.45) is 5.92 Å². The average Bonchev–Trinajstić information content (AvgIpc) is 2.38. The molecule has 1 heterocycles. The molecule has 0 spiro atoms. The van der Waals surface area contributed by atoms with Crippen LogP contribution in [-0.4, -0.2) is 29.0 Å². The smallest absolute Gasteiger partial charge is 0.269 e. The fraction of sp³-hybridized carbons (Fsp3) is 0.417. The van der Waals surface area contributed by atoms with E-state index in [0.717, 1.165) is 0 Å². The highest BCUT2D eigenvalue weighted by Gasteiger charge is 2.30. The maximum atomic E-state index is 11.6. The Bertz CT molecular complexity index is 456. The number of aliphatic hydroxyl groups excluding tert-OH is 1. The maximum absolute atomic E-state index is 11.6. The molecule has 0 radical (unpaired) electrons. The van der Waals surface area contributed by atoms with Crippen molar-refractivity contribution in [1.82, 2.24) is 0 Å². The highest BCUT2D eigenvalue weighted by molar-refractivity contribution is 5.82. The first-order chi connectivity index (χ1) is 8.59. The van der Waals surface area contributed by atoms with E-state index in [4.69, 9.17) is 4.74 Å². The first kappa shape index (κ1) is 12.7. The molecule has 2 unspecified atom stereocenters. The molecule has 96 valence electrons. The van der Waals surface area contributed by atoms with Crippen molar-refractivity contribution in [1.29, 1.82) is 0 Å². The highest BCUT2D eigenvalue weighted by Crippen LogP contribution is 2.27. The third-order valence-corrected chi connectivity index (χ3v) is 3.03. The molecular formula is C12H13NO5. The monoisotopic (exact) mass is 251 g/mol. The number of non-ortho nitro benzene ring substituents is 1. The molecule has 1 aromatic rings. The first-order valence-corrected chi connectivity index (χ1v) is 5.62. The Hall–Kier alpha value is -1.79. The summed E-state index contributed by atoms with van der Waals surface area (Å²) in [6, 6.07) is 5.55. The molecule has 0 saturated carbocycles. The Balaban J connectivity index is 2.15. The van der Waals surface area contributed by atoms with E-state index in [0.29, 0.717) is 18.6 Å². The van der Waals surface area contributed by atoms with Crippen molar-refractivity contribution in [3.63, 3.8) is 0 Å². The summed E-state index contributed by atoms with van der Waals surface area (Å²) < 4.78 is 5.17. The lowest BCUT2D eigenvalue weighted by Crippen LogP contribution is -2.32. The molecule has 2 rings (SSSR count). The Labute approximate surface area is 103 Å². The molecule has 2 atom stereocenters. The summed E-state index contributed by atoms with van der Waals surface area (Å²) in [6.07, 6.45) is -0.673. The Kier molecular flexibility index (Phi) is 3.69. The molecule has 0 aliphatic carbocycles. The van der Waals surface area contributed by atoms with Gasteiger partial charge < -0.3 is 9.84 Å². The Morgan fingerprint density at radius 2 is 2.06 bits per heavy atom. The van der Waals surface area contributed by atoms with E-state index >= 15 is 0 Å². The summed E-state index contributed by atoms with van der Waals surface area (Å²) in [6.45, 7) is 0.583. The van der Waals surface area contributed by atoms with Gasteiger partial charge in [0, 0.05) is 18.6 Å². The van der Waals surface area contributed by atoms with Crippen LogP contribution in [0.25, 0.3) is 0 Å². The quantitative estimate of drug-likeness (QED) is 0.644. The van der Waals surface area contributed by atoms with Gasteiger partial charge in [0.15, 0.2) is 0 Å². The molecule has 0 bridgehead atoms. The zero-order valence-corrected chi connectivity index (χ0v) is 9.61. The lowest BCUT2D eigenvalue weighted by molar-refractivity contribution is -0.384. The summed E-state index contributed by atoms with van der Waals surface area (Å²) in [5, 5.41) is 20.6. The second-order valence-electron chi connectivity index (χ2n) is 4.19. The lowest BCUT2D eigenvalue weighted by Gasteiger charge is -2.25. The van der Waals surface area contributed by atoms with Crippen LogP contribution in [0.15, 0.2) is 24.3 Å². The number of nitro groups is 1. The molecule has 0 amide bonds. The van der Waals surface area contributed by atoms with Gasteiger partial charge in [-0.1, -0.05) is 0 Å². The number of hydrogen-bond acceptors (Lipinski definition) is 5. The second kappa shape index (κ2) is 5.24. The first-order valence-electron chi connectivity index (χ1n) is 5.62. The van der Waals surface area contributed by atoms with Gasteiger partial charge in [-0.3, -0.25) is 14.9 Å². The predicted octanol–water partition coefficient (Wildman–Crippen LogP) is 1.23. The van der Waals surface area contributed by atoms with Gasteiger partial charge in [-0.15, -0.1) is 0 Å². The number of rotatable bonds is 3. The third kappa shape index (κ3) is 2.55. The van der Waals surface area contributed by atoms with Crippen molar-refractivity contribution < 1.29 is 19.6 Å². The second-order valence-corrected chi connectivity index (χ2v) is 4.19. The molecule has 1 aliphatic heterocycles. The zero-order valence-electron chi connectivity index (χ0n) is 9.61. The van der Waals surface area contributed by atoms with E-state index in [1.807, 2.05) is 0 Å². The molecule has 1 aliphatic rings. The average molecular weight is 251 g/mol. The SMILES string of the molecule is O=C1CCOCC1C(O)c1ccc([N+](=O)[O-])cc1. The topological polar surface area (TPSA) is 89.7 Å². The number of nitro benzene ring substituents is 1. The standard InChI is InChI=1S/C12H13NO5/c14-11-5-6-18-7-10(11)12(15)8-1-3-9(4-2-8)13(16)17/h1-4,10,12,15H,5-7H2. The molecule has 0 aromatic heterocycles. The number of aliphatic hydroxyl groups is 1. The summed E-state index contributed by atoms with van der Waals surface area (Å²) in [7, 11) is 0. The van der Waals surface area contributed by atoms with Crippen LogP contribution in [0.2, 0.25) is 0 Å². The minimum atomic E-state index is -0.974. The van der Waals surface area contributed by atoms with Crippen LogP contribution in [0.5, 0.6) is 0 Å². The molecule has 1 N–H and O–H groups in total. The number of ether oxygens (including phenoxy) is 1. The van der Waals surface area contributed by atoms with E-state index in [1.54, 1.807) is 0 Å². The third-order valence-electron chi connectivity index (χ3n) is 3.03. The van der Waals surface area contributed by atoms with Crippen LogP contribution in [-0.2, 0) is 9.53 Å². The summed E-state index contributed by atoms with van der Waals surface area (Å²) in [5.41, 5.74) is 0.446. The highest BCUT2D eigenvalue weighted by atomic mass is 16.6. The van der Waals surface area contributed by atoms with Gasteiger partial charge in [0.05, 0.1) is 30.2 Å². The fourth-order valence-electron chi connectivity index (χ4n) is 1.95. The van der Waals surface area contributed by atoms with Crippen LogP contribution in [0.1, 0.15) is 18.1 Å². The zero-order chi connectivity index (χ0) is 13.1. The van der Waals surface area contributed by atoms with Crippen LogP contribution >= 0.6 is 0 Å². The van der Waals surface area contributed by atoms with E-state index in [-0.39, 0.29) is 18.1 Å². The van der Waals surface area contributed by atoms with Crippen molar-refractivity contribution in [3.8, 4) is 0 Å². The minimum Gasteiger partial charge on any atom is -0.388 e. The van der Waals surface area contributed by atoms with E-state index < -0.39 is 16.9 Å². The largest absolute Gasteiger partial charge is 0.388 e.